The number of carbonyl (C=O) groups is 2. The van der Waals surface area contributed by atoms with Crippen LogP contribution in [-0.4, -0.2) is 43.2 Å². The first-order chi connectivity index (χ1) is 13.1. The Kier molecular flexibility index (Phi) is 6.24. The molecule has 1 heterocycles. The van der Waals surface area contributed by atoms with E-state index in [-0.39, 0.29) is 23.7 Å². The lowest BCUT2D eigenvalue weighted by Gasteiger charge is -2.24. The minimum atomic E-state index is -0.216. The number of hydrogen-bond donors (Lipinski definition) is 1. The standard InChI is InChI=1S/C20H22N2O4S/c1-21-18(23)11-22-19(24)13-27-20(22)15-8-9-16(17(10-15)25-2)26-12-14-6-4-3-5-7-14/h3-10,20H,11-13H2,1-2H3,(H,21,23). The van der Waals surface area contributed by atoms with Crippen LogP contribution in [0.3, 0.4) is 0 Å². The lowest BCUT2D eigenvalue weighted by molar-refractivity contribution is -0.133. The van der Waals surface area contributed by atoms with Crippen molar-refractivity contribution in [1.29, 1.82) is 0 Å². The van der Waals surface area contributed by atoms with Gasteiger partial charge < -0.3 is 19.7 Å². The Morgan fingerprint density at radius 3 is 2.70 bits per heavy atom. The number of rotatable bonds is 7. The maximum absolute atomic E-state index is 12.2. The van der Waals surface area contributed by atoms with Gasteiger partial charge in [0.15, 0.2) is 11.5 Å². The molecule has 2 aromatic carbocycles. The van der Waals surface area contributed by atoms with Gasteiger partial charge in [-0.05, 0) is 23.3 Å². The van der Waals surface area contributed by atoms with Crippen molar-refractivity contribution in [2.45, 2.75) is 12.0 Å². The lowest BCUT2D eigenvalue weighted by Crippen LogP contribution is -2.37. The lowest BCUT2D eigenvalue weighted by atomic mass is 10.1. The minimum Gasteiger partial charge on any atom is -0.493 e. The molecule has 0 bridgehead atoms. The third kappa shape index (κ3) is 4.54. The molecule has 0 aliphatic carbocycles. The maximum Gasteiger partial charge on any atom is 0.239 e. The maximum atomic E-state index is 12.2. The number of likely N-dealkylation sites (N-methyl/N-ethyl adjacent to an activating group) is 1. The van der Waals surface area contributed by atoms with Gasteiger partial charge in [0.05, 0.1) is 12.9 Å². The van der Waals surface area contributed by atoms with Crippen LogP contribution in [0.1, 0.15) is 16.5 Å². The second-order valence-corrected chi connectivity index (χ2v) is 7.11. The molecule has 1 N–H and O–H groups in total. The molecule has 1 aliphatic heterocycles. The highest BCUT2D eigenvalue weighted by atomic mass is 32.2. The average molecular weight is 386 g/mol. The third-order valence-corrected chi connectivity index (χ3v) is 5.53. The van der Waals surface area contributed by atoms with E-state index in [2.05, 4.69) is 5.32 Å². The van der Waals surface area contributed by atoms with Crippen molar-refractivity contribution in [3.8, 4) is 11.5 Å². The third-order valence-electron chi connectivity index (χ3n) is 4.27. The second kappa shape index (κ2) is 8.81. The van der Waals surface area contributed by atoms with Crippen LogP contribution in [0.4, 0.5) is 0 Å². The fourth-order valence-corrected chi connectivity index (χ4v) is 4.00. The predicted octanol–water partition coefficient (Wildman–Crippen LogP) is 2.59. The van der Waals surface area contributed by atoms with E-state index in [1.807, 2.05) is 48.5 Å². The summed E-state index contributed by atoms with van der Waals surface area (Å²) >= 11 is 1.50. The van der Waals surface area contributed by atoms with Gasteiger partial charge in [0.1, 0.15) is 18.5 Å². The molecule has 0 spiro atoms. The number of carbonyl (C=O) groups excluding carboxylic acids is 2. The monoisotopic (exact) mass is 386 g/mol. The SMILES string of the molecule is CNC(=O)CN1C(=O)CSC1c1ccc(OCc2ccccc2)c(OC)c1. The van der Waals surface area contributed by atoms with E-state index in [4.69, 9.17) is 9.47 Å². The van der Waals surface area contributed by atoms with Gasteiger partial charge in [-0.15, -0.1) is 11.8 Å². The number of methoxy groups -OCH3 is 1. The molecule has 0 saturated carbocycles. The quantitative estimate of drug-likeness (QED) is 0.792. The zero-order valence-electron chi connectivity index (χ0n) is 15.3. The topological polar surface area (TPSA) is 67.9 Å². The van der Waals surface area contributed by atoms with Gasteiger partial charge in [-0.3, -0.25) is 9.59 Å². The number of hydrogen-bond acceptors (Lipinski definition) is 5. The summed E-state index contributed by atoms with van der Waals surface area (Å²) < 4.78 is 11.4. The van der Waals surface area contributed by atoms with Gasteiger partial charge in [-0.25, -0.2) is 0 Å². The fraction of sp³-hybridized carbons (Fsp3) is 0.300. The molecule has 0 aromatic heterocycles. The molecule has 1 fully saturated rings. The molecular weight excluding hydrogens is 364 g/mol. The summed E-state index contributed by atoms with van der Waals surface area (Å²) in [6.07, 6.45) is 0. The van der Waals surface area contributed by atoms with Crippen LogP contribution in [-0.2, 0) is 16.2 Å². The first-order valence-corrected chi connectivity index (χ1v) is 9.63. The second-order valence-electron chi connectivity index (χ2n) is 6.04. The minimum absolute atomic E-state index is 0.0432. The number of amides is 2. The molecule has 1 atom stereocenters. The van der Waals surface area contributed by atoms with Crippen LogP contribution in [0.2, 0.25) is 0 Å². The van der Waals surface area contributed by atoms with Crippen molar-refractivity contribution < 1.29 is 19.1 Å². The molecular formula is C20H22N2O4S. The fourth-order valence-electron chi connectivity index (χ4n) is 2.83. The van der Waals surface area contributed by atoms with E-state index in [1.54, 1.807) is 19.1 Å². The summed E-state index contributed by atoms with van der Waals surface area (Å²) in [5.41, 5.74) is 1.97. The molecule has 6 nitrogen and oxygen atoms in total. The van der Waals surface area contributed by atoms with E-state index >= 15 is 0 Å². The number of ether oxygens (including phenoxy) is 2. The van der Waals surface area contributed by atoms with Crippen LogP contribution in [0, 0.1) is 0 Å². The molecule has 0 radical (unpaired) electrons. The number of nitrogens with one attached hydrogen (secondary N) is 1. The normalized spacial score (nSPS) is 16.3. The summed E-state index contributed by atoms with van der Waals surface area (Å²) in [6, 6.07) is 15.5. The Bertz CT molecular complexity index is 813. The largest absolute Gasteiger partial charge is 0.493 e. The van der Waals surface area contributed by atoms with Crippen molar-refractivity contribution in [2.75, 3.05) is 26.5 Å². The van der Waals surface area contributed by atoms with Gasteiger partial charge in [-0.2, -0.15) is 0 Å². The Balaban J connectivity index is 1.76. The summed E-state index contributed by atoms with van der Waals surface area (Å²) in [5, 5.41) is 2.35. The Hall–Kier alpha value is -2.67. The molecule has 1 unspecified atom stereocenters. The Morgan fingerprint density at radius 2 is 2.00 bits per heavy atom. The molecule has 27 heavy (non-hydrogen) atoms. The predicted molar refractivity (Wildman–Crippen MR) is 105 cm³/mol. The van der Waals surface area contributed by atoms with Crippen LogP contribution < -0.4 is 14.8 Å². The average Bonchev–Trinajstić information content (AvgIpc) is 3.07. The van der Waals surface area contributed by atoms with Gasteiger partial charge in [0.2, 0.25) is 11.8 Å². The number of benzene rings is 2. The zero-order chi connectivity index (χ0) is 19.2. The summed E-state index contributed by atoms with van der Waals surface area (Å²) in [5.74, 6) is 1.36. The van der Waals surface area contributed by atoms with Crippen LogP contribution in [0.25, 0.3) is 0 Å². The first kappa shape index (κ1) is 19.1. The number of nitrogens with zero attached hydrogens (tertiary/aromatic N) is 1. The van der Waals surface area contributed by atoms with Gasteiger partial charge in [0, 0.05) is 7.05 Å². The molecule has 1 aliphatic rings. The van der Waals surface area contributed by atoms with Gasteiger partial charge >= 0.3 is 0 Å². The number of thioether (sulfide) groups is 1. The Morgan fingerprint density at radius 1 is 1.22 bits per heavy atom. The van der Waals surface area contributed by atoms with E-state index in [1.165, 1.54) is 11.8 Å². The summed E-state index contributed by atoms with van der Waals surface area (Å²) in [6.45, 7) is 0.484. The summed E-state index contributed by atoms with van der Waals surface area (Å²) in [7, 11) is 3.15. The van der Waals surface area contributed by atoms with E-state index in [0.717, 1.165) is 11.1 Å². The van der Waals surface area contributed by atoms with Crippen molar-refractivity contribution in [3.63, 3.8) is 0 Å². The highest BCUT2D eigenvalue weighted by molar-refractivity contribution is 8.00. The molecule has 2 amide bonds. The highest BCUT2D eigenvalue weighted by Gasteiger charge is 2.34. The molecule has 142 valence electrons. The molecule has 3 rings (SSSR count). The smallest absolute Gasteiger partial charge is 0.239 e. The first-order valence-electron chi connectivity index (χ1n) is 8.58. The van der Waals surface area contributed by atoms with E-state index in [0.29, 0.717) is 23.9 Å². The van der Waals surface area contributed by atoms with E-state index < -0.39 is 0 Å². The van der Waals surface area contributed by atoms with E-state index in [9.17, 15) is 9.59 Å². The molecule has 2 aromatic rings. The molecule has 1 saturated heterocycles. The van der Waals surface area contributed by atoms with Gasteiger partial charge in [0.25, 0.3) is 0 Å². The highest BCUT2D eigenvalue weighted by Crippen LogP contribution is 2.41. The Labute approximate surface area is 162 Å². The van der Waals surface area contributed by atoms with Crippen LogP contribution in [0.5, 0.6) is 11.5 Å². The van der Waals surface area contributed by atoms with Crippen molar-refractivity contribution in [3.05, 3.63) is 59.7 Å². The van der Waals surface area contributed by atoms with Crippen molar-refractivity contribution in [1.82, 2.24) is 10.2 Å². The van der Waals surface area contributed by atoms with Crippen LogP contribution >= 0.6 is 11.8 Å². The molecule has 7 heteroatoms. The van der Waals surface area contributed by atoms with Crippen molar-refractivity contribution >= 4 is 23.6 Å². The van der Waals surface area contributed by atoms with Gasteiger partial charge in [-0.1, -0.05) is 36.4 Å². The van der Waals surface area contributed by atoms with Crippen LogP contribution in [0.15, 0.2) is 48.5 Å². The van der Waals surface area contributed by atoms with Crippen molar-refractivity contribution in [2.24, 2.45) is 0 Å². The zero-order valence-corrected chi connectivity index (χ0v) is 16.1. The summed E-state index contributed by atoms with van der Waals surface area (Å²) in [4.78, 5) is 25.5.